The molecule has 0 atom stereocenters. The Balaban J connectivity index is 1.75. The first kappa shape index (κ1) is 18.7. The molecule has 0 saturated carbocycles. The molecule has 0 aliphatic heterocycles. The van der Waals surface area contributed by atoms with Crippen molar-refractivity contribution in [2.24, 2.45) is 0 Å². The van der Waals surface area contributed by atoms with Crippen LogP contribution in [-0.2, 0) is 6.54 Å². The number of amides is 1. The molecular formula is C23H17N3O2S. The molecule has 1 heterocycles. The van der Waals surface area contributed by atoms with Gasteiger partial charge in [0.25, 0.3) is 5.91 Å². The van der Waals surface area contributed by atoms with Gasteiger partial charge in [0.1, 0.15) is 5.75 Å². The molecule has 0 bridgehead atoms. The molecule has 0 saturated heterocycles. The van der Waals surface area contributed by atoms with Crippen molar-refractivity contribution < 1.29 is 9.53 Å². The van der Waals surface area contributed by atoms with Crippen LogP contribution in [0.4, 0.5) is 5.13 Å². The van der Waals surface area contributed by atoms with Crippen molar-refractivity contribution in [1.82, 2.24) is 4.98 Å². The summed E-state index contributed by atoms with van der Waals surface area (Å²) in [5.41, 5.74) is 2.85. The number of carbonyl (C=O) groups is 1. The van der Waals surface area contributed by atoms with Crippen LogP contribution >= 0.6 is 11.3 Å². The van der Waals surface area contributed by atoms with Crippen molar-refractivity contribution in [2.45, 2.75) is 6.54 Å². The van der Waals surface area contributed by atoms with Crippen LogP contribution in [0.15, 0.2) is 72.8 Å². The number of nitriles is 1. The lowest BCUT2D eigenvalue weighted by Gasteiger charge is -2.20. The molecule has 0 unspecified atom stereocenters. The maximum Gasteiger partial charge on any atom is 0.260 e. The maximum atomic E-state index is 13.3. The van der Waals surface area contributed by atoms with E-state index in [0.29, 0.717) is 22.8 Å². The third-order valence-electron chi connectivity index (χ3n) is 4.50. The number of anilines is 1. The van der Waals surface area contributed by atoms with E-state index in [1.807, 2.05) is 48.5 Å². The minimum atomic E-state index is -0.163. The molecule has 4 aromatic rings. The topological polar surface area (TPSA) is 66.2 Å². The Morgan fingerprint density at radius 3 is 2.55 bits per heavy atom. The lowest BCUT2D eigenvalue weighted by Crippen LogP contribution is -2.30. The molecule has 0 aliphatic carbocycles. The van der Waals surface area contributed by atoms with Gasteiger partial charge in [0.15, 0.2) is 5.13 Å². The molecule has 0 aliphatic rings. The largest absolute Gasteiger partial charge is 0.497 e. The average molecular weight is 399 g/mol. The first-order valence-corrected chi connectivity index (χ1v) is 9.80. The summed E-state index contributed by atoms with van der Waals surface area (Å²) in [4.78, 5) is 19.7. The van der Waals surface area contributed by atoms with Gasteiger partial charge < -0.3 is 4.74 Å². The third kappa shape index (κ3) is 3.96. The molecule has 29 heavy (non-hydrogen) atoms. The fourth-order valence-corrected chi connectivity index (χ4v) is 3.96. The summed E-state index contributed by atoms with van der Waals surface area (Å²) in [6.45, 7) is 0.399. The molecule has 1 aromatic heterocycles. The van der Waals surface area contributed by atoms with E-state index < -0.39 is 0 Å². The standard InChI is InChI=1S/C23H17N3O2S/c1-28-19-11-12-20-21(13-19)29-23(25-20)26(15-17-5-3-2-4-6-17)22(27)18-9-7-16(14-24)8-10-18/h2-13H,15H2,1H3. The Morgan fingerprint density at radius 2 is 1.86 bits per heavy atom. The quantitative estimate of drug-likeness (QED) is 0.472. The average Bonchev–Trinajstić information content (AvgIpc) is 3.20. The predicted molar refractivity (Wildman–Crippen MR) is 114 cm³/mol. The number of benzene rings is 3. The van der Waals surface area contributed by atoms with Gasteiger partial charge in [0.2, 0.25) is 0 Å². The van der Waals surface area contributed by atoms with E-state index in [2.05, 4.69) is 11.1 Å². The van der Waals surface area contributed by atoms with Gasteiger partial charge >= 0.3 is 0 Å². The highest BCUT2D eigenvalue weighted by atomic mass is 32.1. The second-order valence-corrected chi connectivity index (χ2v) is 7.41. The Kier molecular flexibility index (Phi) is 5.23. The highest BCUT2D eigenvalue weighted by molar-refractivity contribution is 7.22. The van der Waals surface area contributed by atoms with E-state index in [9.17, 15) is 4.79 Å². The van der Waals surface area contributed by atoms with Crippen molar-refractivity contribution in [3.05, 3.63) is 89.5 Å². The van der Waals surface area contributed by atoms with Gasteiger partial charge in [-0.1, -0.05) is 41.7 Å². The zero-order valence-corrected chi connectivity index (χ0v) is 16.5. The monoisotopic (exact) mass is 399 g/mol. The summed E-state index contributed by atoms with van der Waals surface area (Å²) in [6.07, 6.45) is 0. The highest BCUT2D eigenvalue weighted by Crippen LogP contribution is 2.33. The summed E-state index contributed by atoms with van der Waals surface area (Å²) in [5.74, 6) is 0.588. The minimum Gasteiger partial charge on any atom is -0.497 e. The molecule has 4 rings (SSSR count). The Hall–Kier alpha value is -3.69. The number of methoxy groups -OCH3 is 1. The van der Waals surface area contributed by atoms with E-state index in [0.717, 1.165) is 21.5 Å². The Labute approximate surface area is 172 Å². The van der Waals surface area contributed by atoms with Crippen LogP contribution in [0, 0.1) is 11.3 Å². The van der Waals surface area contributed by atoms with Crippen LogP contribution in [0.1, 0.15) is 21.5 Å². The van der Waals surface area contributed by atoms with E-state index >= 15 is 0 Å². The summed E-state index contributed by atoms with van der Waals surface area (Å²) >= 11 is 1.45. The van der Waals surface area contributed by atoms with Crippen molar-refractivity contribution in [3.8, 4) is 11.8 Å². The number of hydrogen-bond donors (Lipinski definition) is 0. The van der Waals surface area contributed by atoms with Crippen molar-refractivity contribution in [2.75, 3.05) is 12.0 Å². The van der Waals surface area contributed by atoms with Gasteiger partial charge in [-0.3, -0.25) is 9.69 Å². The zero-order valence-electron chi connectivity index (χ0n) is 15.7. The summed E-state index contributed by atoms with van der Waals surface area (Å²) in [6, 6.07) is 24.2. The number of hydrogen-bond acceptors (Lipinski definition) is 5. The SMILES string of the molecule is COc1ccc2nc(N(Cc3ccccc3)C(=O)c3ccc(C#N)cc3)sc2c1. The Morgan fingerprint density at radius 1 is 1.10 bits per heavy atom. The van der Waals surface area contributed by atoms with Crippen LogP contribution in [0.25, 0.3) is 10.2 Å². The van der Waals surface area contributed by atoms with E-state index in [1.165, 1.54) is 11.3 Å². The van der Waals surface area contributed by atoms with Crippen LogP contribution in [0.5, 0.6) is 5.75 Å². The predicted octanol–water partition coefficient (Wildman–Crippen LogP) is 5.02. The normalized spacial score (nSPS) is 10.5. The second kappa shape index (κ2) is 8.13. The molecule has 142 valence electrons. The molecule has 6 heteroatoms. The van der Waals surface area contributed by atoms with Crippen LogP contribution in [0.3, 0.4) is 0 Å². The number of fused-ring (bicyclic) bond motifs is 1. The van der Waals surface area contributed by atoms with Crippen molar-refractivity contribution in [1.29, 1.82) is 5.26 Å². The number of thiazole rings is 1. The van der Waals surface area contributed by atoms with Gasteiger partial charge in [0, 0.05) is 5.56 Å². The molecule has 0 fully saturated rings. The van der Waals surface area contributed by atoms with Crippen molar-refractivity contribution >= 4 is 32.6 Å². The fourth-order valence-electron chi connectivity index (χ4n) is 2.97. The molecule has 0 N–H and O–H groups in total. The first-order valence-electron chi connectivity index (χ1n) is 8.98. The number of aromatic nitrogens is 1. The third-order valence-corrected chi connectivity index (χ3v) is 5.55. The Bertz CT molecular complexity index is 1190. The van der Waals surface area contributed by atoms with Crippen LogP contribution in [0.2, 0.25) is 0 Å². The number of carbonyl (C=O) groups excluding carboxylic acids is 1. The molecular weight excluding hydrogens is 382 g/mol. The number of ether oxygens (including phenoxy) is 1. The number of rotatable bonds is 5. The summed E-state index contributed by atoms with van der Waals surface area (Å²) in [7, 11) is 1.62. The highest BCUT2D eigenvalue weighted by Gasteiger charge is 2.22. The molecule has 0 spiro atoms. The van der Waals surface area contributed by atoms with Gasteiger partial charge in [-0.25, -0.2) is 4.98 Å². The lowest BCUT2D eigenvalue weighted by molar-refractivity contribution is 0.0985. The lowest BCUT2D eigenvalue weighted by atomic mass is 10.1. The smallest absolute Gasteiger partial charge is 0.260 e. The zero-order chi connectivity index (χ0) is 20.2. The molecule has 3 aromatic carbocycles. The maximum absolute atomic E-state index is 13.3. The van der Waals surface area contributed by atoms with Gasteiger partial charge in [-0.15, -0.1) is 0 Å². The summed E-state index contributed by atoms with van der Waals surface area (Å²) < 4.78 is 6.25. The molecule has 0 radical (unpaired) electrons. The van der Waals surface area contributed by atoms with E-state index in [1.54, 1.807) is 36.3 Å². The van der Waals surface area contributed by atoms with Crippen molar-refractivity contribution in [3.63, 3.8) is 0 Å². The van der Waals surface area contributed by atoms with Crippen LogP contribution in [-0.4, -0.2) is 18.0 Å². The number of nitrogens with zero attached hydrogens (tertiary/aromatic N) is 3. The second-order valence-electron chi connectivity index (χ2n) is 6.40. The molecule has 5 nitrogen and oxygen atoms in total. The van der Waals surface area contributed by atoms with Crippen LogP contribution < -0.4 is 9.64 Å². The minimum absolute atomic E-state index is 0.163. The first-order chi connectivity index (χ1) is 14.2. The summed E-state index contributed by atoms with van der Waals surface area (Å²) in [5, 5.41) is 9.63. The van der Waals surface area contributed by atoms with Gasteiger partial charge in [0.05, 0.1) is 35.5 Å². The molecule has 1 amide bonds. The van der Waals surface area contributed by atoms with Gasteiger partial charge in [-0.05, 0) is 48.0 Å². The van der Waals surface area contributed by atoms with Gasteiger partial charge in [-0.2, -0.15) is 5.26 Å². The fraction of sp³-hybridized carbons (Fsp3) is 0.0870. The van der Waals surface area contributed by atoms with E-state index in [-0.39, 0.29) is 5.91 Å². The van der Waals surface area contributed by atoms with E-state index in [4.69, 9.17) is 10.00 Å².